The van der Waals surface area contributed by atoms with Crippen molar-refractivity contribution in [3.8, 4) is 33.4 Å². The van der Waals surface area contributed by atoms with E-state index in [0.29, 0.717) is 0 Å². The predicted molar refractivity (Wildman–Crippen MR) is 124 cm³/mol. The van der Waals surface area contributed by atoms with E-state index in [9.17, 15) is 0 Å². The molecule has 5 rings (SSSR count). The van der Waals surface area contributed by atoms with Gasteiger partial charge in [-0.15, -0.1) is 0 Å². The number of benzene rings is 4. The van der Waals surface area contributed by atoms with Crippen molar-refractivity contribution in [3.05, 3.63) is 107 Å². The molecule has 0 unspecified atom stereocenters. The highest BCUT2D eigenvalue weighted by Crippen LogP contribution is 2.49. The van der Waals surface area contributed by atoms with Crippen LogP contribution >= 0.6 is 0 Å². The van der Waals surface area contributed by atoms with Gasteiger partial charge in [-0.25, -0.2) is 0 Å². The second-order valence-electron chi connectivity index (χ2n) is 8.88. The van der Waals surface area contributed by atoms with Gasteiger partial charge >= 0.3 is 0 Å². The van der Waals surface area contributed by atoms with E-state index in [4.69, 9.17) is 0 Å². The van der Waals surface area contributed by atoms with Crippen LogP contribution in [0.1, 0.15) is 36.1 Å². The Balaban J connectivity index is 1.54. The van der Waals surface area contributed by atoms with Gasteiger partial charge in [-0.1, -0.05) is 104 Å². The maximum absolute atomic E-state index is 2.39. The van der Waals surface area contributed by atoms with Crippen LogP contribution in [-0.4, -0.2) is 0 Å². The summed E-state index contributed by atoms with van der Waals surface area (Å²) in [5.74, 6) is 0. The van der Waals surface area contributed by atoms with Gasteiger partial charge in [-0.05, 0) is 64.4 Å². The fourth-order valence-electron chi connectivity index (χ4n) is 4.63. The van der Waals surface area contributed by atoms with Gasteiger partial charge in [0.15, 0.2) is 0 Å². The molecule has 0 N–H and O–H groups in total. The highest BCUT2D eigenvalue weighted by Gasteiger charge is 2.35. The van der Waals surface area contributed by atoms with E-state index in [-0.39, 0.29) is 5.41 Å². The first kappa shape index (κ1) is 17.9. The lowest BCUT2D eigenvalue weighted by atomic mass is 9.81. The van der Waals surface area contributed by atoms with Gasteiger partial charge in [0, 0.05) is 5.41 Å². The summed E-state index contributed by atoms with van der Waals surface area (Å²) in [7, 11) is 0. The highest BCUT2D eigenvalue weighted by molar-refractivity contribution is 5.84. The highest BCUT2D eigenvalue weighted by atomic mass is 14.4. The molecule has 0 fully saturated rings. The third kappa shape index (κ3) is 2.91. The van der Waals surface area contributed by atoms with Gasteiger partial charge in [-0.2, -0.15) is 0 Å². The van der Waals surface area contributed by atoms with Gasteiger partial charge in [0.2, 0.25) is 0 Å². The first-order chi connectivity index (χ1) is 13.9. The van der Waals surface area contributed by atoms with E-state index in [2.05, 4.69) is 113 Å². The molecule has 0 nitrogen and oxygen atoms in total. The molecule has 0 heterocycles. The smallest absolute Gasteiger partial charge is 0.0159 e. The van der Waals surface area contributed by atoms with Crippen molar-refractivity contribution in [2.75, 3.05) is 0 Å². The Morgan fingerprint density at radius 1 is 0.448 bits per heavy atom. The predicted octanol–water partition coefficient (Wildman–Crippen LogP) is 7.94. The molecule has 0 bridgehead atoms. The molecule has 0 aromatic heterocycles. The molecule has 0 aliphatic heterocycles. The lowest BCUT2D eigenvalue weighted by molar-refractivity contribution is 0.660. The number of rotatable bonds is 2. The quantitative estimate of drug-likeness (QED) is 0.334. The molecule has 1 aliphatic carbocycles. The molecule has 0 saturated carbocycles. The fourth-order valence-corrected chi connectivity index (χ4v) is 4.63. The van der Waals surface area contributed by atoms with Gasteiger partial charge < -0.3 is 0 Å². The van der Waals surface area contributed by atoms with Crippen LogP contribution in [0.3, 0.4) is 0 Å². The summed E-state index contributed by atoms with van der Waals surface area (Å²) in [5, 5.41) is 0. The molecule has 1 aliphatic rings. The minimum atomic E-state index is 0.0362. The van der Waals surface area contributed by atoms with Crippen LogP contribution in [0.15, 0.2) is 84.9 Å². The third-order valence-corrected chi connectivity index (χ3v) is 6.43. The van der Waals surface area contributed by atoms with Crippen molar-refractivity contribution >= 4 is 0 Å². The van der Waals surface area contributed by atoms with E-state index < -0.39 is 0 Å². The largest absolute Gasteiger partial charge is 0.0587 e. The standard InChI is InChI=1S/C29H26/c1-19-5-8-21(9-6-19)22-10-12-23(13-11-22)24-14-16-26-25-15-7-20(2)17-27(25)29(3,4)28(26)18-24/h5-18H,1-4H3. The SMILES string of the molecule is Cc1ccc(-c2ccc(-c3ccc4c(c3)C(C)(C)c3cc(C)ccc3-4)cc2)cc1. The molecule has 0 atom stereocenters. The number of fused-ring (bicyclic) bond motifs is 3. The Kier molecular flexibility index (Phi) is 3.99. The van der Waals surface area contributed by atoms with Gasteiger partial charge in [0.1, 0.15) is 0 Å². The average Bonchev–Trinajstić information content (AvgIpc) is 2.95. The number of aryl methyl sites for hydroxylation is 2. The molecular formula is C29H26. The van der Waals surface area contributed by atoms with E-state index in [1.165, 1.54) is 55.6 Å². The van der Waals surface area contributed by atoms with Crippen molar-refractivity contribution in [2.45, 2.75) is 33.1 Å². The first-order valence-electron chi connectivity index (χ1n) is 10.4. The van der Waals surface area contributed by atoms with Gasteiger partial charge in [0.05, 0.1) is 0 Å². The third-order valence-electron chi connectivity index (χ3n) is 6.43. The molecule has 29 heavy (non-hydrogen) atoms. The maximum Gasteiger partial charge on any atom is 0.0159 e. The van der Waals surface area contributed by atoms with Crippen LogP contribution in [0, 0.1) is 13.8 Å². The zero-order valence-electron chi connectivity index (χ0n) is 17.6. The summed E-state index contributed by atoms with van der Waals surface area (Å²) >= 11 is 0. The van der Waals surface area contributed by atoms with Crippen LogP contribution in [0.4, 0.5) is 0 Å². The molecule has 0 radical (unpaired) electrons. The summed E-state index contributed by atoms with van der Waals surface area (Å²) < 4.78 is 0. The molecular weight excluding hydrogens is 348 g/mol. The van der Waals surface area contributed by atoms with Crippen molar-refractivity contribution < 1.29 is 0 Å². The van der Waals surface area contributed by atoms with Crippen LogP contribution in [0.25, 0.3) is 33.4 Å². The molecule has 0 heteroatoms. The van der Waals surface area contributed by atoms with Crippen molar-refractivity contribution in [1.29, 1.82) is 0 Å². The van der Waals surface area contributed by atoms with Crippen LogP contribution in [-0.2, 0) is 5.41 Å². The molecule has 142 valence electrons. The van der Waals surface area contributed by atoms with Gasteiger partial charge in [-0.3, -0.25) is 0 Å². The average molecular weight is 375 g/mol. The number of hydrogen-bond acceptors (Lipinski definition) is 0. The normalized spacial score (nSPS) is 13.8. The first-order valence-corrected chi connectivity index (χ1v) is 10.4. The van der Waals surface area contributed by atoms with E-state index >= 15 is 0 Å². The summed E-state index contributed by atoms with van der Waals surface area (Å²) in [6.45, 7) is 9.00. The second-order valence-corrected chi connectivity index (χ2v) is 8.88. The zero-order chi connectivity index (χ0) is 20.2. The Morgan fingerprint density at radius 2 is 0.862 bits per heavy atom. The molecule has 0 spiro atoms. The summed E-state index contributed by atoms with van der Waals surface area (Å²) in [6.07, 6.45) is 0. The zero-order valence-corrected chi connectivity index (χ0v) is 17.6. The Morgan fingerprint density at radius 3 is 1.48 bits per heavy atom. The monoisotopic (exact) mass is 374 g/mol. The topological polar surface area (TPSA) is 0 Å². The Bertz CT molecular complexity index is 1210. The lowest BCUT2D eigenvalue weighted by Crippen LogP contribution is -2.15. The van der Waals surface area contributed by atoms with Crippen molar-refractivity contribution in [2.24, 2.45) is 0 Å². The minimum Gasteiger partial charge on any atom is -0.0587 e. The van der Waals surface area contributed by atoms with E-state index in [1.807, 2.05) is 0 Å². The van der Waals surface area contributed by atoms with Crippen molar-refractivity contribution in [1.82, 2.24) is 0 Å². The lowest BCUT2D eigenvalue weighted by Gasteiger charge is -2.22. The van der Waals surface area contributed by atoms with Crippen LogP contribution in [0.2, 0.25) is 0 Å². The molecule has 4 aromatic rings. The van der Waals surface area contributed by atoms with Crippen LogP contribution in [0.5, 0.6) is 0 Å². The fraction of sp³-hybridized carbons (Fsp3) is 0.172. The second kappa shape index (κ2) is 6.46. The maximum atomic E-state index is 2.39. The summed E-state index contributed by atoms with van der Waals surface area (Å²) in [6, 6.07) is 31.5. The minimum absolute atomic E-state index is 0.0362. The van der Waals surface area contributed by atoms with E-state index in [1.54, 1.807) is 0 Å². The van der Waals surface area contributed by atoms with E-state index in [0.717, 1.165) is 0 Å². The number of hydrogen-bond donors (Lipinski definition) is 0. The molecule has 4 aromatic carbocycles. The van der Waals surface area contributed by atoms with Crippen LogP contribution < -0.4 is 0 Å². The van der Waals surface area contributed by atoms with Gasteiger partial charge in [0.25, 0.3) is 0 Å². The molecule has 0 saturated heterocycles. The molecule has 0 amide bonds. The summed E-state index contributed by atoms with van der Waals surface area (Å²) in [4.78, 5) is 0. The summed E-state index contributed by atoms with van der Waals surface area (Å²) in [5.41, 5.74) is 13.4. The Labute approximate surface area is 173 Å². The Hall–Kier alpha value is -3.12. The van der Waals surface area contributed by atoms with Crippen molar-refractivity contribution in [3.63, 3.8) is 0 Å².